The molecule has 0 aliphatic carbocycles. The number of benzene rings is 2. The molecule has 0 saturated carbocycles. The minimum absolute atomic E-state index is 0.263. The normalized spacial score (nSPS) is 12.1. The second kappa shape index (κ2) is 6.93. The van der Waals surface area contributed by atoms with Gasteiger partial charge in [0.1, 0.15) is 11.5 Å². The molecule has 20 heavy (non-hydrogen) atoms. The van der Waals surface area contributed by atoms with Crippen LogP contribution in [0.15, 0.2) is 48.5 Å². The number of nitrogens with one attached hydrogen (secondary N) is 1. The molecule has 2 aromatic carbocycles. The quantitative estimate of drug-likeness (QED) is 0.755. The highest BCUT2D eigenvalue weighted by Crippen LogP contribution is 2.18. The Morgan fingerprint density at radius 3 is 2.45 bits per heavy atom. The fourth-order valence-electron chi connectivity index (χ4n) is 1.95. The zero-order valence-electron chi connectivity index (χ0n) is 11.4. The van der Waals surface area contributed by atoms with Crippen LogP contribution in [0.4, 0.5) is 0 Å². The predicted octanol–water partition coefficient (Wildman–Crippen LogP) is 2.22. The number of phenols is 1. The minimum Gasteiger partial charge on any atom is -0.508 e. The highest BCUT2D eigenvalue weighted by molar-refractivity contribution is 5.31. The van der Waals surface area contributed by atoms with E-state index in [9.17, 15) is 10.2 Å². The van der Waals surface area contributed by atoms with E-state index in [1.54, 1.807) is 19.2 Å². The van der Waals surface area contributed by atoms with Crippen LogP contribution in [0.2, 0.25) is 0 Å². The van der Waals surface area contributed by atoms with Gasteiger partial charge in [0.25, 0.3) is 0 Å². The average Bonchev–Trinajstić information content (AvgIpc) is 2.49. The fraction of sp³-hybridized carbons (Fsp3) is 0.250. The summed E-state index contributed by atoms with van der Waals surface area (Å²) in [6, 6.07) is 14.5. The van der Waals surface area contributed by atoms with Gasteiger partial charge in [-0.15, -0.1) is 0 Å². The molecule has 1 atom stereocenters. The van der Waals surface area contributed by atoms with Crippen molar-refractivity contribution in [3.8, 4) is 11.5 Å². The average molecular weight is 273 g/mol. The lowest BCUT2D eigenvalue weighted by Gasteiger charge is -2.13. The van der Waals surface area contributed by atoms with Crippen LogP contribution in [-0.2, 0) is 6.54 Å². The largest absolute Gasteiger partial charge is 0.508 e. The van der Waals surface area contributed by atoms with E-state index >= 15 is 0 Å². The Labute approximate surface area is 118 Å². The molecular formula is C16H19NO3. The standard InChI is InChI=1S/C16H19NO3/c1-20-14-8-6-12(7-9-14)16(19)11-17-10-13-4-2-3-5-15(13)18/h2-9,16-19H,10-11H2,1H3. The van der Waals surface area contributed by atoms with Crippen molar-refractivity contribution in [3.63, 3.8) is 0 Å². The van der Waals surface area contributed by atoms with E-state index in [0.29, 0.717) is 13.1 Å². The fourth-order valence-corrected chi connectivity index (χ4v) is 1.95. The topological polar surface area (TPSA) is 61.7 Å². The molecule has 0 aliphatic heterocycles. The summed E-state index contributed by atoms with van der Waals surface area (Å²) in [7, 11) is 1.61. The smallest absolute Gasteiger partial charge is 0.120 e. The second-order valence-electron chi connectivity index (χ2n) is 4.55. The number of phenolic OH excluding ortho intramolecular Hbond substituents is 1. The summed E-state index contributed by atoms with van der Waals surface area (Å²) in [5, 5.41) is 22.8. The molecule has 0 amide bonds. The Hall–Kier alpha value is -2.04. The molecule has 0 fully saturated rings. The lowest BCUT2D eigenvalue weighted by atomic mass is 10.1. The maximum Gasteiger partial charge on any atom is 0.120 e. The highest BCUT2D eigenvalue weighted by Gasteiger charge is 2.07. The number of aliphatic hydroxyl groups is 1. The first-order valence-corrected chi connectivity index (χ1v) is 6.50. The van der Waals surface area contributed by atoms with Crippen molar-refractivity contribution < 1.29 is 14.9 Å². The molecule has 0 radical (unpaired) electrons. The van der Waals surface area contributed by atoms with E-state index in [2.05, 4.69) is 5.32 Å². The predicted molar refractivity (Wildman–Crippen MR) is 77.8 cm³/mol. The molecule has 2 aromatic rings. The van der Waals surface area contributed by atoms with E-state index in [1.165, 1.54) is 0 Å². The molecule has 2 rings (SSSR count). The van der Waals surface area contributed by atoms with Crippen molar-refractivity contribution in [2.45, 2.75) is 12.6 Å². The van der Waals surface area contributed by atoms with Gasteiger partial charge in [0.2, 0.25) is 0 Å². The van der Waals surface area contributed by atoms with Crippen LogP contribution in [0, 0.1) is 0 Å². The second-order valence-corrected chi connectivity index (χ2v) is 4.55. The number of methoxy groups -OCH3 is 1. The monoisotopic (exact) mass is 273 g/mol. The van der Waals surface area contributed by atoms with Gasteiger partial charge in [0.05, 0.1) is 13.2 Å². The molecule has 0 aliphatic rings. The molecular weight excluding hydrogens is 254 g/mol. The first-order valence-electron chi connectivity index (χ1n) is 6.50. The Bertz CT molecular complexity index is 540. The molecule has 0 heterocycles. The van der Waals surface area contributed by atoms with Crippen LogP contribution >= 0.6 is 0 Å². The van der Waals surface area contributed by atoms with E-state index in [-0.39, 0.29) is 5.75 Å². The molecule has 0 bridgehead atoms. The van der Waals surface area contributed by atoms with Crippen LogP contribution < -0.4 is 10.1 Å². The van der Waals surface area contributed by atoms with Crippen LogP contribution in [0.25, 0.3) is 0 Å². The van der Waals surface area contributed by atoms with Crippen molar-refractivity contribution in [3.05, 3.63) is 59.7 Å². The highest BCUT2D eigenvalue weighted by atomic mass is 16.5. The lowest BCUT2D eigenvalue weighted by molar-refractivity contribution is 0.174. The SMILES string of the molecule is COc1ccc(C(O)CNCc2ccccc2O)cc1. The van der Waals surface area contributed by atoms with Crippen LogP contribution in [0.3, 0.4) is 0 Å². The molecule has 0 spiro atoms. The van der Waals surface area contributed by atoms with Gasteiger partial charge < -0.3 is 20.3 Å². The number of aromatic hydroxyl groups is 1. The first-order chi connectivity index (χ1) is 9.70. The summed E-state index contributed by atoms with van der Waals surface area (Å²) in [5.41, 5.74) is 1.64. The number of hydrogen-bond donors (Lipinski definition) is 3. The van der Waals surface area contributed by atoms with E-state index in [4.69, 9.17) is 4.74 Å². The molecule has 106 valence electrons. The summed E-state index contributed by atoms with van der Waals surface area (Å²) >= 11 is 0. The number of ether oxygens (including phenoxy) is 1. The van der Waals surface area contributed by atoms with Crippen molar-refractivity contribution in [1.29, 1.82) is 0 Å². The summed E-state index contributed by atoms with van der Waals surface area (Å²) in [6.07, 6.45) is -0.591. The van der Waals surface area contributed by atoms with Crippen LogP contribution in [0.1, 0.15) is 17.2 Å². The van der Waals surface area contributed by atoms with Gasteiger partial charge in [-0.2, -0.15) is 0 Å². The van der Waals surface area contributed by atoms with Crippen LogP contribution in [-0.4, -0.2) is 23.9 Å². The maximum absolute atomic E-state index is 10.1. The number of rotatable bonds is 6. The lowest BCUT2D eigenvalue weighted by Crippen LogP contribution is -2.21. The van der Waals surface area contributed by atoms with Gasteiger partial charge in [0.15, 0.2) is 0 Å². The van der Waals surface area contributed by atoms with Gasteiger partial charge in [0, 0.05) is 18.7 Å². The van der Waals surface area contributed by atoms with Gasteiger partial charge in [-0.25, -0.2) is 0 Å². The van der Waals surface area contributed by atoms with E-state index in [1.807, 2.05) is 36.4 Å². The third-order valence-corrected chi connectivity index (χ3v) is 3.15. The van der Waals surface area contributed by atoms with Gasteiger partial charge in [-0.3, -0.25) is 0 Å². The first kappa shape index (κ1) is 14.4. The van der Waals surface area contributed by atoms with Gasteiger partial charge in [-0.05, 0) is 23.8 Å². The Morgan fingerprint density at radius 1 is 1.10 bits per heavy atom. The van der Waals surface area contributed by atoms with Crippen molar-refractivity contribution in [2.75, 3.05) is 13.7 Å². The summed E-state index contributed by atoms with van der Waals surface area (Å²) < 4.78 is 5.08. The molecule has 4 nitrogen and oxygen atoms in total. The summed E-state index contributed by atoms with van der Waals surface area (Å²) in [6.45, 7) is 0.931. The van der Waals surface area contributed by atoms with E-state index in [0.717, 1.165) is 16.9 Å². The molecule has 1 unspecified atom stereocenters. The summed E-state index contributed by atoms with van der Waals surface area (Å²) in [5.74, 6) is 1.03. The number of para-hydroxylation sites is 1. The number of hydrogen-bond acceptors (Lipinski definition) is 4. The van der Waals surface area contributed by atoms with Crippen molar-refractivity contribution in [2.24, 2.45) is 0 Å². The van der Waals surface area contributed by atoms with Gasteiger partial charge >= 0.3 is 0 Å². The van der Waals surface area contributed by atoms with Crippen molar-refractivity contribution in [1.82, 2.24) is 5.32 Å². The molecule has 3 N–H and O–H groups in total. The van der Waals surface area contributed by atoms with Crippen molar-refractivity contribution >= 4 is 0 Å². The third kappa shape index (κ3) is 3.73. The Balaban J connectivity index is 1.85. The zero-order valence-corrected chi connectivity index (χ0v) is 11.4. The molecule has 0 aromatic heterocycles. The van der Waals surface area contributed by atoms with Gasteiger partial charge in [-0.1, -0.05) is 30.3 Å². The summed E-state index contributed by atoms with van der Waals surface area (Å²) in [4.78, 5) is 0. The van der Waals surface area contributed by atoms with Crippen LogP contribution in [0.5, 0.6) is 11.5 Å². The van der Waals surface area contributed by atoms with E-state index < -0.39 is 6.10 Å². The Morgan fingerprint density at radius 2 is 1.80 bits per heavy atom. The Kier molecular flexibility index (Phi) is 4.98. The molecule has 4 heteroatoms. The molecule has 0 saturated heterocycles. The maximum atomic E-state index is 10.1. The minimum atomic E-state index is -0.591. The third-order valence-electron chi connectivity index (χ3n) is 3.15. The number of aliphatic hydroxyl groups excluding tert-OH is 1. The zero-order chi connectivity index (χ0) is 14.4.